The lowest BCUT2D eigenvalue weighted by molar-refractivity contribution is 0.284. The van der Waals surface area contributed by atoms with Gasteiger partial charge in [-0.05, 0) is 55.9 Å². The van der Waals surface area contributed by atoms with Crippen molar-refractivity contribution in [3.8, 4) is 5.75 Å². The largest absolute Gasteiger partial charge is 0.493 e. The molecule has 0 amide bonds. The molecular weight excluding hydrogens is 258 g/mol. The molecular formula is C19H23NO. The standard InChI is InChI=1S/C19H23NO/c1-12-10-13(2)17(14(3)11-12)18(20)16-8-4-6-15-7-5-9-21-19(15)16/h4,6,8,10-11,18H,5,7,9,20H2,1-3H3. The van der Waals surface area contributed by atoms with Gasteiger partial charge in [-0.1, -0.05) is 35.9 Å². The molecule has 0 saturated carbocycles. The van der Waals surface area contributed by atoms with Crippen LogP contribution in [0.25, 0.3) is 0 Å². The highest BCUT2D eigenvalue weighted by Crippen LogP contribution is 2.36. The van der Waals surface area contributed by atoms with Crippen molar-refractivity contribution >= 4 is 0 Å². The summed E-state index contributed by atoms with van der Waals surface area (Å²) in [6.45, 7) is 7.21. The molecule has 110 valence electrons. The van der Waals surface area contributed by atoms with E-state index < -0.39 is 0 Å². The number of hydrogen-bond acceptors (Lipinski definition) is 2. The third kappa shape index (κ3) is 2.56. The van der Waals surface area contributed by atoms with Gasteiger partial charge in [-0.2, -0.15) is 0 Å². The summed E-state index contributed by atoms with van der Waals surface area (Å²) in [6, 6.07) is 10.6. The second-order valence-corrected chi connectivity index (χ2v) is 6.08. The molecule has 2 aromatic carbocycles. The molecule has 2 nitrogen and oxygen atoms in total. The van der Waals surface area contributed by atoms with Gasteiger partial charge in [0.2, 0.25) is 0 Å². The Labute approximate surface area is 126 Å². The molecule has 2 heteroatoms. The average Bonchev–Trinajstić information content (AvgIpc) is 2.45. The van der Waals surface area contributed by atoms with E-state index in [1.54, 1.807) is 0 Å². The van der Waals surface area contributed by atoms with Crippen LogP contribution >= 0.6 is 0 Å². The van der Waals surface area contributed by atoms with Crippen molar-refractivity contribution in [1.29, 1.82) is 0 Å². The number of ether oxygens (including phenoxy) is 1. The van der Waals surface area contributed by atoms with Gasteiger partial charge in [0.15, 0.2) is 0 Å². The summed E-state index contributed by atoms with van der Waals surface area (Å²) < 4.78 is 5.92. The van der Waals surface area contributed by atoms with Gasteiger partial charge < -0.3 is 10.5 Å². The summed E-state index contributed by atoms with van der Waals surface area (Å²) >= 11 is 0. The van der Waals surface area contributed by atoms with E-state index in [0.29, 0.717) is 0 Å². The predicted octanol–water partition coefficient (Wildman–Crippen LogP) is 3.98. The van der Waals surface area contributed by atoms with E-state index in [-0.39, 0.29) is 6.04 Å². The molecule has 0 saturated heterocycles. The molecule has 1 atom stereocenters. The topological polar surface area (TPSA) is 35.2 Å². The molecule has 0 aromatic heterocycles. The molecule has 1 heterocycles. The summed E-state index contributed by atoms with van der Waals surface area (Å²) in [6.07, 6.45) is 2.18. The maximum absolute atomic E-state index is 6.61. The summed E-state index contributed by atoms with van der Waals surface area (Å²) in [4.78, 5) is 0. The third-order valence-corrected chi connectivity index (χ3v) is 4.35. The fourth-order valence-corrected chi connectivity index (χ4v) is 3.50. The Hall–Kier alpha value is -1.80. The summed E-state index contributed by atoms with van der Waals surface area (Å²) in [5.41, 5.74) is 14.0. The van der Waals surface area contributed by atoms with E-state index in [9.17, 15) is 0 Å². The van der Waals surface area contributed by atoms with Gasteiger partial charge in [0.05, 0.1) is 12.6 Å². The Morgan fingerprint density at radius 2 is 1.81 bits per heavy atom. The molecule has 0 bridgehead atoms. The fourth-order valence-electron chi connectivity index (χ4n) is 3.50. The second kappa shape index (κ2) is 5.53. The van der Waals surface area contributed by atoms with Gasteiger partial charge in [-0.15, -0.1) is 0 Å². The summed E-state index contributed by atoms with van der Waals surface area (Å²) in [5.74, 6) is 1.01. The number of fused-ring (bicyclic) bond motifs is 1. The number of hydrogen-bond donors (Lipinski definition) is 1. The van der Waals surface area contributed by atoms with Crippen molar-refractivity contribution in [1.82, 2.24) is 0 Å². The van der Waals surface area contributed by atoms with Gasteiger partial charge in [0, 0.05) is 5.56 Å². The SMILES string of the molecule is Cc1cc(C)c(C(N)c2cccc3c2OCCC3)c(C)c1. The van der Waals surface area contributed by atoms with E-state index in [1.807, 2.05) is 0 Å². The zero-order valence-corrected chi connectivity index (χ0v) is 13.1. The van der Waals surface area contributed by atoms with Crippen LogP contribution in [-0.4, -0.2) is 6.61 Å². The van der Waals surface area contributed by atoms with Gasteiger partial charge in [0.1, 0.15) is 5.75 Å². The maximum atomic E-state index is 6.61. The zero-order chi connectivity index (χ0) is 15.0. The van der Waals surface area contributed by atoms with Crippen LogP contribution in [0.3, 0.4) is 0 Å². The van der Waals surface area contributed by atoms with Crippen molar-refractivity contribution in [2.45, 2.75) is 39.7 Å². The first-order valence-electron chi connectivity index (χ1n) is 7.66. The van der Waals surface area contributed by atoms with E-state index in [1.165, 1.54) is 27.8 Å². The minimum Gasteiger partial charge on any atom is -0.493 e. The van der Waals surface area contributed by atoms with Crippen LogP contribution in [0.15, 0.2) is 30.3 Å². The molecule has 3 rings (SSSR count). The van der Waals surface area contributed by atoms with Gasteiger partial charge >= 0.3 is 0 Å². The molecule has 0 spiro atoms. The van der Waals surface area contributed by atoms with Crippen molar-refractivity contribution < 1.29 is 4.74 Å². The van der Waals surface area contributed by atoms with Crippen molar-refractivity contribution in [3.05, 3.63) is 63.7 Å². The first-order valence-corrected chi connectivity index (χ1v) is 7.66. The average molecular weight is 281 g/mol. The van der Waals surface area contributed by atoms with Crippen molar-refractivity contribution in [2.75, 3.05) is 6.61 Å². The van der Waals surface area contributed by atoms with Crippen molar-refractivity contribution in [2.24, 2.45) is 5.73 Å². The van der Waals surface area contributed by atoms with Crippen LogP contribution in [0.4, 0.5) is 0 Å². The lowest BCUT2D eigenvalue weighted by Crippen LogP contribution is -2.19. The third-order valence-electron chi connectivity index (χ3n) is 4.35. The minimum absolute atomic E-state index is 0.126. The van der Waals surface area contributed by atoms with Crippen LogP contribution in [0, 0.1) is 20.8 Å². The highest BCUT2D eigenvalue weighted by molar-refractivity contribution is 5.51. The summed E-state index contributed by atoms with van der Waals surface area (Å²) in [7, 11) is 0. The normalized spacial score (nSPS) is 15.2. The van der Waals surface area contributed by atoms with Crippen LogP contribution < -0.4 is 10.5 Å². The van der Waals surface area contributed by atoms with Crippen LogP contribution in [0.1, 0.15) is 45.8 Å². The molecule has 0 radical (unpaired) electrons. The second-order valence-electron chi connectivity index (χ2n) is 6.08. The van der Waals surface area contributed by atoms with E-state index in [4.69, 9.17) is 10.5 Å². The smallest absolute Gasteiger partial charge is 0.127 e. The highest BCUT2D eigenvalue weighted by atomic mass is 16.5. The number of nitrogens with two attached hydrogens (primary N) is 1. The lowest BCUT2D eigenvalue weighted by atomic mass is 9.88. The summed E-state index contributed by atoms with van der Waals surface area (Å²) in [5, 5.41) is 0. The first kappa shape index (κ1) is 14.2. The quantitative estimate of drug-likeness (QED) is 0.903. The Morgan fingerprint density at radius 1 is 1.10 bits per heavy atom. The number of para-hydroxylation sites is 1. The molecule has 0 aliphatic carbocycles. The number of aryl methyl sites for hydroxylation is 4. The van der Waals surface area contributed by atoms with Crippen LogP contribution in [-0.2, 0) is 6.42 Å². The molecule has 2 N–H and O–H groups in total. The molecule has 0 fully saturated rings. The Bertz CT molecular complexity index is 652. The monoisotopic (exact) mass is 281 g/mol. The Kier molecular flexibility index (Phi) is 3.73. The van der Waals surface area contributed by atoms with Gasteiger partial charge in [-0.25, -0.2) is 0 Å². The Balaban J connectivity index is 2.09. The van der Waals surface area contributed by atoms with Crippen molar-refractivity contribution in [3.63, 3.8) is 0 Å². The van der Waals surface area contributed by atoms with E-state index in [2.05, 4.69) is 51.1 Å². The molecule has 21 heavy (non-hydrogen) atoms. The molecule has 1 aliphatic heterocycles. The lowest BCUT2D eigenvalue weighted by Gasteiger charge is -2.25. The minimum atomic E-state index is -0.126. The molecule has 1 unspecified atom stereocenters. The number of benzene rings is 2. The fraction of sp³-hybridized carbons (Fsp3) is 0.368. The van der Waals surface area contributed by atoms with E-state index >= 15 is 0 Å². The predicted molar refractivity (Wildman–Crippen MR) is 86.9 cm³/mol. The number of rotatable bonds is 2. The molecule has 1 aliphatic rings. The van der Waals surface area contributed by atoms with Crippen LogP contribution in [0.2, 0.25) is 0 Å². The van der Waals surface area contributed by atoms with Gasteiger partial charge in [-0.3, -0.25) is 0 Å². The van der Waals surface area contributed by atoms with E-state index in [0.717, 1.165) is 30.8 Å². The van der Waals surface area contributed by atoms with Crippen LogP contribution in [0.5, 0.6) is 5.75 Å². The molecule has 2 aromatic rings. The maximum Gasteiger partial charge on any atom is 0.127 e. The zero-order valence-electron chi connectivity index (χ0n) is 13.1. The first-order chi connectivity index (χ1) is 10.1. The Morgan fingerprint density at radius 3 is 2.52 bits per heavy atom. The highest BCUT2D eigenvalue weighted by Gasteiger charge is 2.22. The van der Waals surface area contributed by atoms with Gasteiger partial charge in [0.25, 0.3) is 0 Å².